The van der Waals surface area contributed by atoms with Gasteiger partial charge in [-0.1, -0.05) is 36.4 Å². The third-order valence-electron chi connectivity index (χ3n) is 7.62. The minimum Gasteiger partial charge on any atom is -0.493 e. The van der Waals surface area contributed by atoms with Crippen molar-refractivity contribution in [2.45, 2.75) is 25.3 Å². The molecule has 0 spiro atoms. The second-order valence-corrected chi connectivity index (χ2v) is 11.2. The van der Waals surface area contributed by atoms with Gasteiger partial charge < -0.3 is 58.7 Å². The van der Waals surface area contributed by atoms with E-state index in [2.05, 4.69) is 10.6 Å². The van der Waals surface area contributed by atoms with Gasteiger partial charge in [-0.05, 0) is 59.7 Å². The zero-order chi connectivity index (χ0) is 37.3. The number of hydrogen-bond donors (Lipinski definition) is 4. The third-order valence-corrected chi connectivity index (χ3v) is 7.62. The molecular formula is C38H44N2O12. The van der Waals surface area contributed by atoms with Gasteiger partial charge >= 0.3 is 11.9 Å². The molecule has 6 rings (SSSR count). The lowest BCUT2D eigenvalue weighted by Gasteiger charge is -2.26. The summed E-state index contributed by atoms with van der Waals surface area (Å²) in [5, 5.41) is 21.6. The summed E-state index contributed by atoms with van der Waals surface area (Å²) in [4.78, 5) is 18.2. The molecule has 0 bridgehead atoms. The van der Waals surface area contributed by atoms with E-state index in [1.807, 2.05) is 84.9 Å². The number of carboxylic acids is 2. The summed E-state index contributed by atoms with van der Waals surface area (Å²) in [5.74, 6) is 2.51. The van der Waals surface area contributed by atoms with Gasteiger partial charge in [-0.25, -0.2) is 9.59 Å². The number of para-hydroxylation sites is 4. The van der Waals surface area contributed by atoms with Gasteiger partial charge in [0.15, 0.2) is 46.0 Å². The van der Waals surface area contributed by atoms with E-state index in [4.69, 9.17) is 57.7 Å². The first-order valence-electron chi connectivity index (χ1n) is 16.3. The van der Waals surface area contributed by atoms with Gasteiger partial charge in [-0.2, -0.15) is 0 Å². The molecule has 0 saturated heterocycles. The zero-order valence-electron chi connectivity index (χ0n) is 29.5. The fourth-order valence-electron chi connectivity index (χ4n) is 5.06. The number of methoxy groups -OCH3 is 4. The molecule has 4 aromatic rings. The molecule has 0 aromatic heterocycles. The number of carboxylic acid groups (broad SMARTS) is 2. The predicted molar refractivity (Wildman–Crippen MR) is 190 cm³/mol. The summed E-state index contributed by atoms with van der Waals surface area (Å²) in [5.41, 5.74) is 2.25. The summed E-state index contributed by atoms with van der Waals surface area (Å²) in [6.45, 7) is 3.97. The minimum absolute atomic E-state index is 0.00467. The molecule has 52 heavy (non-hydrogen) atoms. The maximum atomic E-state index is 9.10. The minimum atomic E-state index is -1.82. The van der Waals surface area contributed by atoms with Gasteiger partial charge in [0, 0.05) is 26.2 Å². The van der Waals surface area contributed by atoms with Crippen LogP contribution in [0.25, 0.3) is 0 Å². The van der Waals surface area contributed by atoms with Crippen LogP contribution < -0.4 is 48.5 Å². The Labute approximate surface area is 302 Å². The van der Waals surface area contributed by atoms with Crippen molar-refractivity contribution in [3.05, 3.63) is 96.1 Å². The van der Waals surface area contributed by atoms with E-state index in [1.165, 1.54) is 0 Å². The Morgan fingerprint density at radius 2 is 0.942 bits per heavy atom. The summed E-state index contributed by atoms with van der Waals surface area (Å²) in [7, 11) is 6.54. The highest BCUT2D eigenvalue weighted by Gasteiger charge is 2.21. The molecular weight excluding hydrogens is 676 g/mol. The van der Waals surface area contributed by atoms with Crippen molar-refractivity contribution in [3.8, 4) is 46.0 Å². The second kappa shape index (κ2) is 20.1. The van der Waals surface area contributed by atoms with Gasteiger partial charge in [0.2, 0.25) is 0 Å². The second-order valence-electron chi connectivity index (χ2n) is 11.2. The Morgan fingerprint density at radius 3 is 1.29 bits per heavy atom. The van der Waals surface area contributed by atoms with Crippen LogP contribution in [0.3, 0.4) is 0 Å². The summed E-state index contributed by atoms with van der Waals surface area (Å²) >= 11 is 0. The highest BCUT2D eigenvalue weighted by Crippen LogP contribution is 2.32. The summed E-state index contributed by atoms with van der Waals surface area (Å²) in [6.07, 6.45) is 0.00934. The normalized spacial score (nSPS) is 15.0. The lowest BCUT2D eigenvalue weighted by atomic mass is 10.2. The number of nitrogens with one attached hydrogen (secondary N) is 2. The van der Waals surface area contributed by atoms with Crippen LogP contribution in [0.15, 0.2) is 84.9 Å². The largest absolute Gasteiger partial charge is 0.493 e. The number of rotatable bonds is 12. The average Bonchev–Trinajstić information content (AvgIpc) is 3.18. The number of aliphatic carboxylic acids is 2. The molecule has 2 aliphatic heterocycles. The quantitative estimate of drug-likeness (QED) is 0.152. The fourth-order valence-corrected chi connectivity index (χ4v) is 5.06. The van der Waals surface area contributed by atoms with E-state index in [-0.39, 0.29) is 12.2 Å². The van der Waals surface area contributed by atoms with Crippen molar-refractivity contribution in [3.63, 3.8) is 0 Å². The SMILES string of the molecule is COc1ccc(CNCC2COc3ccccc3O2)cc1OC.COc1ccc(CNCC2COc3ccccc3O2)cc1OC.O=C(O)C(=O)O. The van der Waals surface area contributed by atoms with Crippen LogP contribution in [0, 0.1) is 0 Å². The number of fused-ring (bicyclic) bond motifs is 2. The molecule has 0 fully saturated rings. The van der Waals surface area contributed by atoms with Crippen LogP contribution in [0.2, 0.25) is 0 Å². The standard InChI is InChI=1S/2C18H21NO4.C2H2O4/c2*1-20-15-8-7-13(9-18(15)21-2)10-19-11-14-12-22-16-5-3-4-6-17(16)23-14;3-1(4)2(5)6/h2*3-9,14,19H,10-12H2,1-2H3;(H,3,4)(H,5,6). The molecule has 14 nitrogen and oxygen atoms in total. The maximum Gasteiger partial charge on any atom is 0.414 e. The van der Waals surface area contributed by atoms with E-state index in [0.717, 1.165) is 70.2 Å². The van der Waals surface area contributed by atoms with Gasteiger partial charge in [-0.15, -0.1) is 0 Å². The first-order chi connectivity index (χ1) is 25.2. The summed E-state index contributed by atoms with van der Waals surface area (Å²) in [6, 6.07) is 27.3. The molecule has 0 radical (unpaired) electrons. The van der Waals surface area contributed by atoms with Gasteiger partial charge in [0.1, 0.15) is 25.4 Å². The molecule has 0 amide bonds. The highest BCUT2D eigenvalue weighted by atomic mass is 16.6. The van der Waals surface area contributed by atoms with Gasteiger partial charge in [-0.3, -0.25) is 0 Å². The molecule has 2 heterocycles. The molecule has 14 heteroatoms. The maximum absolute atomic E-state index is 9.10. The zero-order valence-corrected chi connectivity index (χ0v) is 29.5. The van der Waals surface area contributed by atoms with Crippen LogP contribution >= 0.6 is 0 Å². The molecule has 4 N–H and O–H groups in total. The van der Waals surface area contributed by atoms with Crippen LogP contribution in [-0.4, -0.2) is 89.1 Å². The van der Waals surface area contributed by atoms with Crippen molar-refractivity contribution in [1.82, 2.24) is 10.6 Å². The lowest BCUT2D eigenvalue weighted by molar-refractivity contribution is -0.159. The number of hydrogen-bond acceptors (Lipinski definition) is 12. The van der Waals surface area contributed by atoms with Gasteiger partial charge in [0.25, 0.3) is 0 Å². The monoisotopic (exact) mass is 720 g/mol. The Kier molecular flexibility index (Phi) is 15.1. The summed E-state index contributed by atoms with van der Waals surface area (Å²) < 4.78 is 44.4. The fraction of sp³-hybridized carbons (Fsp3) is 0.316. The van der Waals surface area contributed by atoms with Crippen molar-refractivity contribution < 1.29 is 57.7 Å². The third kappa shape index (κ3) is 11.6. The molecule has 0 aliphatic carbocycles. The number of ether oxygens (including phenoxy) is 8. The Balaban J connectivity index is 0.000000202. The van der Waals surface area contributed by atoms with E-state index >= 15 is 0 Å². The van der Waals surface area contributed by atoms with E-state index in [0.29, 0.717) is 26.3 Å². The van der Waals surface area contributed by atoms with Crippen molar-refractivity contribution >= 4 is 11.9 Å². The first kappa shape index (κ1) is 38.9. The number of benzene rings is 4. The molecule has 2 aliphatic rings. The van der Waals surface area contributed by atoms with Crippen molar-refractivity contribution in [2.24, 2.45) is 0 Å². The first-order valence-corrected chi connectivity index (χ1v) is 16.3. The van der Waals surface area contributed by atoms with Crippen LogP contribution in [0.1, 0.15) is 11.1 Å². The van der Waals surface area contributed by atoms with Crippen LogP contribution in [0.5, 0.6) is 46.0 Å². The number of carbonyl (C=O) groups is 2. The predicted octanol–water partition coefficient (Wildman–Crippen LogP) is 4.42. The molecule has 278 valence electrons. The van der Waals surface area contributed by atoms with E-state index in [9.17, 15) is 0 Å². The smallest absolute Gasteiger partial charge is 0.414 e. The lowest BCUT2D eigenvalue weighted by Crippen LogP contribution is -2.38. The highest BCUT2D eigenvalue weighted by molar-refractivity contribution is 6.27. The van der Waals surface area contributed by atoms with Crippen molar-refractivity contribution in [1.29, 1.82) is 0 Å². The molecule has 2 atom stereocenters. The van der Waals surface area contributed by atoms with Crippen LogP contribution in [-0.2, 0) is 22.7 Å². The molecule has 4 aromatic carbocycles. The Bertz CT molecular complexity index is 1620. The van der Waals surface area contributed by atoms with Crippen molar-refractivity contribution in [2.75, 3.05) is 54.7 Å². The molecule has 2 unspecified atom stereocenters. The molecule has 0 saturated carbocycles. The topological polar surface area (TPSA) is 172 Å². The Hall–Kier alpha value is -5.86. The van der Waals surface area contributed by atoms with Crippen LogP contribution in [0.4, 0.5) is 0 Å². The van der Waals surface area contributed by atoms with Gasteiger partial charge in [0.05, 0.1) is 28.4 Å². The van der Waals surface area contributed by atoms with E-state index < -0.39 is 11.9 Å². The average molecular weight is 721 g/mol. The Morgan fingerprint density at radius 1 is 0.577 bits per heavy atom. The van der Waals surface area contributed by atoms with E-state index in [1.54, 1.807) is 28.4 Å².